The lowest BCUT2D eigenvalue weighted by Crippen LogP contribution is -2.28. The van der Waals surface area contributed by atoms with Crippen molar-refractivity contribution in [2.45, 2.75) is 26.4 Å². The molecule has 1 unspecified atom stereocenters. The molecule has 2 aromatic rings. The van der Waals surface area contributed by atoms with Crippen molar-refractivity contribution in [3.8, 4) is 5.75 Å². The standard InChI is InChI=1S/C21H25F2N3O2/c1-14(2)19(16-7-11-18(12-8-16)28-21(22)23)20(27)25-24-13-15-5-9-17(10-6-15)26(3)4/h5-14,19,21H,1-4H3,(H,25,27). The summed E-state index contributed by atoms with van der Waals surface area (Å²) in [6.45, 7) is 0.950. The predicted molar refractivity (Wildman–Crippen MR) is 107 cm³/mol. The normalized spacial score (nSPS) is 12.4. The van der Waals surface area contributed by atoms with Gasteiger partial charge in [0.1, 0.15) is 5.75 Å². The molecule has 0 bridgehead atoms. The molecule has 0 fully saturated rings. The second-order valence-corrected chi connectivity index (χ2v) is 6.89. The zero-order valence-electron chi connectivity index (χ0n) is 16.4. The van der Waals surface area contributed by atoms with Crippen molar-refractivity contribution < 1.29 is 18.3 Å². The average molecular weight is 389 g/mol. The molecule has 7 heteroatoms. The highest BCUT2D eigenvalue weighted by atomic mass is 19.3. The lowest BCUT2D eigenvalue weighted by Gasteiger charge is -2.19. The summed E-state index contributed by atoms with van der Waals surface area (Å²) in [4.78, 5) is 14.6. The number of nitrogens with zero attached hydrogens (tertiary/aromatic N) is 2. The van der Waals surface area contributed by atoms with Crippen LogP contribution in [0.5, 0.6) is 5.75 Å². The van der Waals surface area contributed by atoms with Crippen LogP contribution >= 0.6 is 0 Å². The number of alkyl halides is 2. The van der Waals surface area contributed by atoms with E-state index in [9.17, 15) is 13.6 Å². The predicted octanol–water partition coefficient (Wildman–Crippen LogP) is 4.24. The molecule has 0 saturated carbocycles. The maximum atomic E-state index is 12.6. The number of hydrogen-bond acceptors (Lipinski definition) is 4. The zero-order valence-corrected chi connectivity index (χ0v) is 16.4. The van der Waals surface area contributed by atoms with Gasteiger partial charge in [-0.25, -0.2) is 5.43 Å². The van der Waals surface area contributed by atoms with Gasteiger partial charge in [-0.2, -0.15) is 13.9 Å². The Morgan fingerprint density at radius 1 is 1.07 bits per heavy atom. The average Bonchev–Trinajstić information content (AvgIpc) is 2.63. The fraction of sp³-hybridized carbons (Fsp3) is 0.333. The number of halogens is 2. The van der Waals surface area contributed by atoms with E-state index < -0.39 is 12.5 Å². The molecule has 2 aromatic carbocycles. The fourth-order valence-electron chi connectivity index (χ4n) is 2.79. The van der Waals surface area contributed by atoms with Crippen molar-refractivity contribution in [2.75, 3.05) is 19.0 Å². The first-order valence-electron chi connectivity index (χ1n) is 8.93. The van der Waals surface area contributed by atoms with Gasteiger partial charge in [0, 0.05) is 19.8 Å². The molecule has 5 nitrogen and oxygen atoms in total. The van der Waals surface area contributed by atoms with E-state index in [1.165, 1.54) is 12.1 Å². The lowest BCUT2D eigenvalue weighted by molar-refractivity contribution is -0.123. The Hall–Kier alpha value is -2.96. The van der Waals surface area contributed by atoms with Gasteiger partial charge in [-0.05, 0) is 41.3 Å². The number of amides is 1. The molecule has 1 amide bonds. The van der Waals surface area contributed by atoms with Crippen LogP contribution in [0.4, 0.5) is 14.5 Å². The largest absolute Gasteiger partial charge is 0.435 e. The molecule has 2 rings (SSSR count). The third kappa shape index (κ3) is 6.04. The number of anilines is 1. The minimum absolute atomic E-state index is 0.00329. The molecule has 0 aliphatic rings. The summed E-state index contributed by atoms with van der Waals surface area (Å²) in [6.07, 6.45) is 1.58. The van der Waals surface area contributed by atoms with Crippen LogP contribution in [-0.2, 0) is 4.79 Å². The molecule has 0 spiro atoms. The Bertz CT molecular complexity index is 788. The van der Waals surface area contributed by atoms with Crippen LogP contribution in [0.25, 0.3) is 0 Å². The first-order chi connectivity index (χ1) is 13.3. The Morgan fingerprint density at radius 2 is 1.68 bits per heavy atom. The molecule has 0 aromatic heterocycles. The smallest absolute Gasteiger partial charge is 0.387 e. The van der Waals surface area contributed by atoms with Crippen molar-refractivity contribution in [3.05, 3.63) is 59.7 Å². The highest BCUT2D eigenvalue weighted by Crippen LogP contribution is 2.27. The second-order valence-electron chi connectivity index (χ2n) is 6.89. The Balaban J connectivity index is 2.04. The van der Waals surface area contributed by atoms with Crippen molar-refractivity contribution in [3.63, 3.8) is 0 Å². The molecule has 1 atom stereocenters. The molecule has 0 saturated heterocycles. The second kappa shape index (κ2) is 9.82. The van der Waals surface area contributed by atoms with Crippen molar-refractivity contribution >= 4 is 17.8 Å². The monoisotopic (exact) mass is 389 g/mol. The van der Waals surface area contributed by atoms with Gasteiger partial charge in [0.15, 0.2) is 0 Å². The molecule has 0 heterocycles. The summed E-state index contributed by atoms with van der Waals surface area (Å²) in [5.74, 6) is -0.676. The van der Waals surface area contributed by atoms with E-state index in [1.54, 1.807) is 18.3 Å². The van der Waals surface area contributed by atoms with Gasteiger partial charge in [0.25, 0.3) is 0 Å². The topological polar surface area (TPSA) is 53.9 Å². The number of rotatable bonds is 8. The van der Waals surface area contributed by atoms with Crippen LogP contribution in [0.2, 0.25) is 0 Å². The number of nitrogens with one attached hydrogen (secondary N) is 1. The van der Waals surface area contributed by atoms with Gasteiger partial charge >= 0.3 is 6.61 Å². The minimum Gasteiger partial charge on any atom is -0.435 e. The summed E-state index contributed by atoms with van der Waals surface area (Å²) in [5.41, 5.74) is 5.20. The minimum atomic E-state index is -2.88. The number of carbonyl (C=O) groups excluding carboxylic acids is 1. The first kappa shape index (κ1) is 21.3. The zero-order chi connectivity index (χ0) is 20.7. The Morgan fingerprint density at radius 3 is 2.18 bits per heavy atom. The molecule has 0 radical (unpaired) electrons. The van der Waals surface area contributed by atoms with Crippen molar-refractivity contribution in [1.82, 2.24) is 5.43 Å². The number of benzene rings is 2. The summed E-state index contributed by atoms with van der Waals surface area (Å²) in [6, 6.07) is 13.8. The van der Waals surface area contributed by atoms with Crippen LogP contribution in [0, 0.1) is 5.92 Å². The fourth-order valence-corrected chi connectivity index (χ4v) is 2.79. The van der Waals surface area contributed by atoms with Crippen LogP contribution in [0.3, 0.4) is 0 Å². The third-order valence-corrected chi connectivity index (χ3v) is 4.21. The maximum Gasteiger partial charge on any atom is 0.387 e. The molecule has 0 aliphatic carbocycles. The van der Waals surface area contributed by atoms with Crippen molar-refractivity contribution in [2.24, 2.45) is 11.0 Å². The van der Waals surface area contributed by atoms with E-state index in [0.717, 1.165) is 11.3 Å². The van der Waals surface area contributed by atoms with E-state index >= 15 is 0 Å². The summed E-state index contributed by atoms with van der Waals surface area (Å²) >= 11 is 0. The van der Waals surface area contributed by atoms with Gasteiger partial charge < -0.3 is 9.64 Å². The Kier molecular flexibility index (Phi) is 7.49. The third-order valence-electron chi connectivity index (χ3n) is 4.21. The van der Waals surface area contributed by atoms with Gasteiger partial charge in [0.05, 0.1) is 12.1 Å². The highest BCUT2D eigenvalue weighted by molar-refractivity contribution is 5.86. The van der Waals surface area contributed by atoms with E-state index in [0.29, 0.717) is 5.56 Å². The van der Waals surface area contributed by atoms with Crippen LogP contribution in [0.15, 0.2) is 53.6 Å². The van der Waals surface area contributed by atoms with Gasteiger partial charge in [0.2, 0.25) is 5.91 Å². The van der Waals surface area contributed by atoms with E-state index in [4.69, 9.17) is 0 Å². The van der Waals surface area contributed by atoms with Crippen molar-refractivity contribution in [1.29, 1.82) is 0 Å². The summed E-state index contributed by atoms with van der Waals surface area (Å²) < 4.78 is 28.9. The molecular weight excluding hydrogens is 364 g/mol. The molecule has 150 valence electrons. The van der Waals surface area contributed by atoms with Gasteiger partial charge in [-0.3, -0.25) is 4.79 Å². The van der Waals surface area contributed by atoms with Crippen LogP contribution in [0.1, 0.15) is 30.9 Å². The van der Waals surface area contributed by atoms with Gasteiger partial charge in [-0.1, -0.05) is 38.1 Å². The highest BCUT2D eigenvalue weighted by Gasteiger charge is 2.24. The number of ether oxygens (including phenoxy) is 1. The van der Waals surface area contributed by atoms with Gasteiger partial charge in [-0.15, -0.1) is 0 Å². The summed E-state index contributed by atoms with van der Waals surface area (Å²) in [5, 5.41) is 4.04. The SMILES string of the molecule is CC(C)C(C(=O)NN=Cc1ccc(N(C)C)cc1)c1ccc(OC(F)F)cc1. The van der Waals surface area contributed by atoms with Crippen LogP contribution < -0.4 is 15.1 Å². The number of hydrogen-bond donors (Lipinski definition) is 1. The molecular formula is C21H25F2N3O2. The maximum absolute atomic E-state index is 12.6. The van der Waals surface area contributed by atoms with Crippen LogP contribution in [-0.4, -0.2) is 32.8 Å². The lowest BCUT2D eigenvalue weighted by atomic mass is 9.88. The number of carbonyl (C=O) groups is 1. The quantitative estimate of drug-likeness (QED) is 0.543. The Labute approximate surface area is 164 Å². The van der Waals surface area contributed by atoms with E-state index in [1.807, 2.05) is 57.1 Å². The van der Waals surface area contributed by atoms with E-state index in [2.05, 4.69) is 15.3 Å². The summed E-state index contributed by atoms with van der Waals surface area (Å²) in [7, 11) is 3.92. The first-order valence-corrected chi connectivity index (χ1v) is 8.93. The molecule has 28 heavy (non-hydrogen) atoms. The molecule has 1 N–H and O–H groups in total. The molecule has 0 aliphatic heterocycles. The van der Waals surface area contributed by atoms with E-state index in [-0.39, 0.29) is 17.6 Å². The number of hydrazone groups is 1.